The standard InChI is InChI=1S/C24H53NOSi4/c1-19(2)18-25-30(28(6,7)8,29(9,10)11)23(26-27(3,4)5)24-15-20-12-21(16-24)14-22(13-20)17-24/h19-23,25H,12-18H2,1-11H3. The minimum absolute atomic E-state index is 0.492. The fourth-order valence-corrected chi connectivity index (χ4v) is 56.6. The summed E-state index contributed by atoms with van der Waals surface area (Å²) in [4.78, 5) is 4.52. The molecular formula is C24H53NOSi4. The van der Waals surface area contributed by atoms with Crippen molar-refractivity contribution in [3.8, 4) is 0 Å². The lowest BCUT2D eigenvalue weighted by Gasteiger charge is -2.66. The van der Waals surface area contributed by atoms with Gasteiger partial charge in [0.05, 0.1) is 20.9 Å². The monoisotopic (exact) mass is 483 g/mol. The van der Waals surface area contributed by atoms with Gasteiger partial charge in [-0.05, 0) is 93.8 Å². The van der Waals surface area contributed by atoms with E-state index in [0.29, 0.717) is 17.1 Å². The third kappa shape index (κ3) is 4.70. The Morgan fingerprint density at radius 3 is 1.47 bits per heavy atom. The Bertz CT molecular complexity index is 565. The Balaban J connectivity index is 2.17. The Hall–Kier alpha value is 0.788. The maximum atomic E-state index is 7.58. The van der Waals surface area contributed by atoms with Crippen LogP contribution in [0.25, 0.3) is 0 Å². The van der Waals surface area contributed by atoms with Crippen LogP contribution in [-0.4, -0.2) is 43.0 Å². The highest BCUT2D eigenvalue weighted by molar-refractivity contribution is 7.68. The minimum atomic E-state index is -1.85. The van der Waals surface area contributed by atoms with Gasteiger partial charge in [0.1, 0.15) is 7.27 Å². The maximum Gasteiger partial charge on any atom is 0.183 e. The third-order valence-corrected chi connectivity index (χ3v) is 47.2. The van der Waals surface area contributed by atoms with Crippen LogP contribution in [0.3, 0.4) is 0 Å². The quantitative estimate of drug-likeness (QED) is 0.357. The first-order chi connectivity index (χ1) is 13.5. The molecule has 176 valence electrons. The van der Waals surface area contributed by atoms with E-state index in [1.807, 2.05) is 0 Å². The molecule has 2 nitrogen and oxygen atoms in total. The van der Waals surface area contributed by atoms with Crippen LogP contribution in [0.1, 0.15) is 52.4 Å². The predicted octanol–water partition coefficient (Wildman–Crippen LogP) is 6.99. The first-order valence-electron chi connectivity index (χ1n) is 12.9. The van der Waals surface area contributed by atoms with Crippen molar-refractivity contribution in [2.24, 2.45) is 29.1 Å². The van der Waals surface area contributed by atoms with Gasteiger partial charge >= 0.3 is 0 Å². The van der Waals surface area contributed by atoms with E-state index in [1.54, 1.807) is 0 Å². The molecule has 1 N–H and O–H groups in total. The molecule has 0 amide bonds. The normalized spacial score (nSPS) is 33.4. The molecule has 4 bridgehead atoms. The molecule has 0 aromatic rings. The molecule has 4 aliphatic rings. The summed E-state index contributed by atoms with van der Waals surface area (Å²) in [6.45, 7) is 29.7. The van der Waals surface area contributed by atoms with Crippen molar-refractivity contribution in [3.05, 3.63) is 0 Å². The summed E-state index contributed by atoms with van der Waals surface area (Å²) >= 11 is 0. The molecule has 4 fully saturated rings. The molecule has 0 heterocycles. The highest BCUT2D eigenvalue weighted by Gasteiger charge is 2.68. The number of rotatable bonds is 9. The van der Waals surface area contributed by atoms with E-state index in [1.165, 1.54) is 45.1 Å². The van der Waals surface area contributed by atoms with Crippen LogP contribution in [0.2, 0.25) is 58.9 Å². The largest absolute Gasteiger partial charge is 0.416 e. The first kappa shape index (κ1) is 25.4. The number of hydrogen-bond donors (Lipinski definition) is 1. The Morgan fingerprint density at radius 2 is 1.17 bits per heavy atom. The Labute approximate surface area is 192 Å². The maximum absolute atomic E-state index is 7.58. The van der Waals surface area contributed by atoms with Crippen LogP contribution in [0, 0.1) is 29.1 Å². The summed E-state index contributed by atoms with van der Waals surface area (Å²) in [7, 11) is -6.44. The van der Waals surface area contributed by atoms with Gasteiger partial charge in [-0.15, -0.1) is 0 Å². The zero-order chi connectivity index (χ0) is 22.8. The molecule has 1 atom stereocenters. The fraction of sp³-hybridized carbons (Fsp3) is 1.00. The summed E-state index contributed by atoms with van der Waals surface area (Å²) < 4.78 is 7.58. The van der Waals surface area contributed by atoms with Crippen LogP contribution in [0.4, 0.5) is 0 Å². The molecule has 0 radical (unpaired) electrons. The van der Waals surface area contributed by atoms with E-state index >= 15 is 0 Å². The summed E-state index contributed by atoms with van der Waals surface area (Å²) in [5, 5.41) is 0. The summed E-state index contributed by atoms with van der Waals surface area (Å²) in [6.07, 6.45) is 9.07. The molecule has 4 rings (SSSR count). The Kier molecular flexibility index (Phi) is 6.97. The van der Waals surface area contributed by atoms with Gasteiger partial charge in [0.15, 0.2) is 8.32 Å². The summed E-state index contributed by atoms with van der Waals surface area (Å²) in [5.74, 6) is 3.73. The molecule has 4 saturated carbocycles. The predicted molar refractivity (Wildman–Crippen MR) is 144 cm³/mol. The average molecular weight is 484 g/mol. The molecule has 30 heavy (non-hydrogen) atoms. The molecule has 0 spiro atoms. The molecule has 0 aliphatic heterocycles. The van der Waals surface area contributed by atoms with Crippen molar-refractivity contribution in [1.82, 2.24) is 4.98 Å². The second-order valence-electron chi connectivity index (χ2n) is 15.0. The minimum Gasteiger partial charge on any atom is -0.416 e. The second-order valence-corrected chi connectivity index (χ2v) is 46.2. The highest BCUT2D eigenvalue weighted by atomic mass is 29.6. The number of nitrogens with one attached hydrogen (secondary N) is 1. The van der Waals surface area contributed by atoms with Gasteiger partial charge in [-0.2, -0.15) is 0 Å². The van der Waals surface area contributed by atoms with Gasteiger partial charge in [0, 0.05) is 0 Å². The van der Waals surface area contributed by atoms with Crippen molar-refractivity contribution in [3.63, 3.8) is 0 Å². The van der Waals surface area contributed by atoms with Crippen LogP contribution in [0.15, 0.2) is 0 Å². The molecule has 4 aliphatic carbocycles. The van der Waals surface area contributed by atoms with Crippen molar-refractivity contribution >= 4 is 30.8 Å². The molecule has 1 unspecified atom stereocenters. The van der Waals surface area contributed by atoms with E-state index < -0.39 is 30.8 Å². The summed E-state index contributed by atoms with van der Waals surface area (Å²) in [5.41, 5.74) is 1.05. The van der Waals surface area contributed by atoms with Crippen LogP contribution < -0.4 is 4.98 Å². The summed E-state index contributed by atoms with van der Waals surface area (Å²) in [6, 6.07) is 0. The van der Waals surface area contributed by atoms with Crippen molar-refractivity contribution in [1.29, 1.82) is 0 Å². The van der Waals surface area contributed by atoms with Crippen LogP contribution in [0.5, 0.6) is 0 Å². The molecular weight excluding hydrogens is 431 g/mol. The van der Waals surface area contributed by atoms with Gasteiger partial charge in [0.2, 0.25) is 0 Å². The van der Waals surface area contributed by atoms with E-state index in [2.05, 4.69) is 77.8 Å². The van der Waals surface area contributed by atoms with Gasteiger partial charge in [-0.3, -0.25) is 0 Å². The zero-order valence-electron chi connectivity index (χ0n) is 22.2. The molecule has 0 aromatic heterocycles. The van der Waals surface area contributed by atoms with Gasteiger partial charge < -0.3 is 9.41 Å². The van der Waals surface area contributed by atoms with Gasteiger partial charge in [-0.1, -0.05) is 53.1 Å². The molecule has 6 heteroatoms. The Morgan fingerprint density at radius 1 is 0.767 bits per heavy atom. The lowest BCUT2D eigenvalue weighted by molar-refractivity contribution is -0.0919. The first-order valence-corrected chi connectivity index (χ1v) is 27.4. The van der Waals surface area contributed by atoms with Crippen LogP contribution >= 0.6 is 0 Å². The number of hydrogen-bond acceptors (Lipinski definition) is 2. The molecule has 0 saturated heterocycles. The lowest BCUT2D eigenvalue weighted by atomic mass is 9.50. The van der Waals surface area contributed by atoms with E-state index in [0.717, 1.165) is 17.8 Å². The van der Waals surface area contributed by atoms with Gasteiger partial charge in [0.25, 0.3) is 0 Å². The lowest BCUT2D eigenvalue weighted by Crippen LogP contribution is -2.88. The average Bonchev–Trinajstić information content (AvgIpc) is 2.48. The zero-order valence-corrected chi connectivity index (χ0v) is 26.2. The van der Waals surface area contributed by atoms with Crippen molar-refractivity contribution < 1.29 is 4.43 Å². The van der Waals surface area contributed by atoms with Crippen molar-refractivity contribution in [2.45, 2.75) is 117 Å². The highest BCUT2D eigenvalue weighted by Crippen LogP contribution is 2.63. The van der Waals surface area contributed by atoms with Crippen molar-refractivity contribution in [2.75, 3.05) is 6.54 Å². The second kappa shape index (κ2) is 8.22. The van der Waals surface area contributed by atoms with Gasteiger partial charge in [-0.25, -0.2) is 0 Å². The topological polar surface area (TPSA) is 21.3 Å². The van der Waals surface area contributed by atoms with E-state index in [9.17, 15) is 0 Å². The third-order valence-electron chi connectivity index (χ3n) is 8.66. The fourth-order valence-electron chi connectivity index (χ4n) is 8.42. The van der Waals surface area contributed by atoms with E-state index in [-0.39, 0.29) is 0 Å². The molecule has 0 aromatic carbocycles. The SMILES string of the molecule is CC(C)CN[Si](C(O[Si](C)(C)C)C12CC3CC(CC(C3)C1)C2)([Si](C)(C)C)[Si](C)(C)C. The smallest absolute Gasteiger partial charge is 0.183 e. The van der Waals surface area contributed by atoms with E-state index in [4.69, 9.17) is 4.43 Å². The van der Waals surface area contributed by atoms with Crippen LogP contribution in [-0.2, 0) is 4.43 Å².